The smallest absolute Gasteiger partial charge is 0.354 e. The number of nitrogens with zero attached hydrogens (tertiary/aromatic N) is 3. The monoisotopic (exact) mass is 371 g/mol. The molecular formula is C16H16F3N3O2S. The van der Waals surface area contributed by atoms with E-state index in [0.717, 1.165) is 6.07 Å². The van der Waals surface area contributed by atoms with Crippen molar-refractivity contribution in [3.63, 3.8) is 0 Å². The van der Waals surface area contributed by atoms with Gasteiger partial charge in [-0.15, -0.1) is 0 Å². The van der Waals surface area contributed by atoms with Gasteiger partial charge < -0.3 is 4.90 Å². The molecule has 1 fully saturated rings. The van der Waals surface area contributed by atoms with Crippen molar-refractivity contribution in [1.82, 2.24) is 9.29 Å². The number of aromatic nitrogens is 1. The number of benzene rings is 1. The molecule has 1 aromatic heterocycles. The largest absolute Gasteiger partial charge is 0.433 e. The quantitative estimate of drug-likeness (QED) is 0.832. The Morgan fingerprint density at radius 2 is 1.52 bits per heavy atom. The Kier molecular flexibility index (Phi) is 4.70. The van der Waals surface area contributed by atoms with E-state index in [4.69, 9.17) is 0 Å². The summed E-state index contributed by atoms with van der Waals surface area (Å²) in [5, 5.41) is 0. The molecule has 0 atom stereocenters. The predicted octanol–water partition coefficient (Wildman–Crippen LogP) is 2.61. The molecule has 9 heteroatoms. The van der Waals surface area contributed by atoms with E-state index in [-0.39, 0.29) is 36.9 Å². The van der Waals surface area contributed by atoms with Crippen LogP contribution in [0.1, 0.15) is 5.69 Å². The number of rotatable bonds is 3. The second-order valence-electron chi connectivity index (χ2n) is 5.58. The molecule has 2 heterocycles. The van der Waals surface area contributed by atoms with Crippen LogP contribution in [0.15, 0.2) is 53.4 Å². The van der Waals surface area contributed by atoms with Crippen molar-refractivity contribution in [1.29, 1.82) is 0 Å². The SMILES string of the molecule is O=S(=O)(c1ccccc1)N1CCN(c2cccc(C(F)(F)F)n2)CC1. The number of halogens is 3. The molecule has 1 aromatic carbocycles. The Hall–Kier alpha value is -2.13. The number of hydrogen-bond acceptors (Lipinski definition) is 4. The highest BCUT2D eigenvalue weighted by atomic mass is 32.2. The molecule has 0 unspecified atom stereocenters. The third-order valence-corrected chi connectivity index (χ3v) is 5.88. The van der Waals surface area contributed by atoms with Gasteiger partial charge in [0, 0.05) is 26.2 Å². The molecule has 134 valence electrons. The molecule has 0 spiro atoms. The zero-order valence-electron chi connectivity index (χ0n) is 13.1. The summed E-state index contributed by atoms with van der Waals surface area (Å²) in [6, 6.07) is 11.8. The van der Waals surface area contributed by atoms with Crippen molar-refractivity contribution in [2.75, 3.05) is 31.1 Å². The van der Waals surface area contributed by atoms with Gasteiger partial charge in [-0.2, -0.15) is 17.5 Å². The van der Waals surface area contributed by atoms with Gasteiger partial charge in [0.15, 0.2) is 0 Å². The molecular weight excluding hydrogens is 355 g/mol. The van der Waals surface area contributed by atoms with Crippen LogP contribution >= 0.6 is 0 Å². The van der Waals surface area contributed by atoms with Crippen molar-refractivity contribution < 1.29 is 21.6 Å². The van der Waals surface area contributed by atoms with Gasteiger partial charge in [-0.25, -0.2) is 13.4 Å². The van der Waals surface area contributed by atoms with E-state index >= 15 is 0 Å². The van der Waals surface area contributed by atoms with Crippen molar-refractivity contribution in [2.24, 2.45) is 0 Å². The number of pyridine rings is 1. The molecule has 0 N–H and O–H groups in total. The minimum atomic E-state index is -4.51. The van der Waals surface area contributed by atoms with Gasteiger partial charge >= 0.3 is 6.18 Å². The lowest BCUT2D eigenvalue weighted by Gasteiger charge is -2.34. The fourth-order valence-electron chi connectivity index (χ4n) is 2.66. The summed E-state index contributed by atoms with van der Waals surface area (Å²) >= 11 is 0. The van der Waals surface area contributed by atoms with Crippen molar-refractivity contribution in [3.8, 4) is 0 Å². The van der Waals surface area contributed by atoms with E-state index in [9.17, 15) is 21.6 Å². The fourth-order valence-corrected chi connectivity index (χ4v) is 4.10. The summed E-state index contributed by atoms with van der Waals surface area (Å²) in [7, 11) is -3.59. The summed E-state index contributed by atoms with van der Waals surface area (Å²) in [6.45, 7) is 0.936. The predicted molar refractivity (Wildman–Crippen MR) is 86.7 cm³/mol. The van der Waals surface area contributed by atoms with Crippen LogP contribution in [0.2, 0.25) is 0 Å². The maximum absolute atomic E-state index is 12.8. The lowest BCUT2D eigenvalue weighted by molar-refractivity contribution is -0.141. The van der Waals surface area contributed by atoms with Gasteiger partial charge in [0.2, 0.25) is 10.0 Å². The van der Waals surface area contributed by atoms with Crippen LogP contribution in [0, 0.1) is 0 Å². The highest BCUT2D eigenvalue weighted by Crippen LogP contribution is 2.29. The van der Waals surface area contributed by atoms with Crippen LogP contribution in [0.4, 0.5) is 19.0 Å². The maximum atomic E-state index is 12.8. The zero-order chi connectivity index (χ0) is 18.1. The Bertz CT molecular complexity index is 833. The summed E-state index contributed by atoms with van der Waals surface area (Å²) in [5.41, 5.74) is -0.954. The second-order valence-corrected chi connectivity index (χ2v) is 7.52. The van der Waals surface area contributed by atoms with Crippen LogP contribution in [-0.4, -0.2) is 43.9 Å². The van der Waals surface area contributed by atoms with E-state index in [2.05, 4.69) is 4.98 Å². The molecule has 1 saturated heterocycles. The molecule has 1 aliphatic rings. The Labute approximate surface area is 143 Å². The van der Waals surface area contributed by atoms with Gasteiger partial charge in [0.1, 0.15) is 11.5 Å². The van der Waals surface area contributed by atoms with Crippen molar-refractivity contribution in [3.05, 3.63) is 54.2 Å². The number of hydrogen-bond donors (Lipinski definition) is 0. The van der Waals surface area contributed by atoms with Gasteiger partial charge in [0.25, 0.3) is 0 Å². The molecule has 0 amide bonds. The van der Waals surface area contributed by atoms with Crippen molar-refractivity contribution in [2.45, 2.75) is 11.1 Å². The average molecular weight is 371 g/mol. The summed E-state index contributed by atoms with van der Waals surface area (Å²) in [6.07, 6.45) is -4.51. The molecule has 5 nitrogen and oxygen atoms in total. The van der Waals surface area contributed by atoms with Gasteiger partial charge in [-0.1, -0.05) is 24.3 Å². The zero-order valence-corrected chi connectivity index (χ0v) is 14.0. The normalized spacial score (nSPS) is 16.8. The maximum Gasteiger partial charge on any atom is 0.433 e. The first-order valence-corrected chi connectivity index (χ1v) is 9.07. The van der Waals surface area contributed by atoms with Crippen molar-refractivity contribution >= 4 is 15.8 Å². The Morgan fingerprint density at radius 1 is 0.880 bits per heavy atom. The first-order chi connectivity index (χ1) is 11.8. The average Bonchev–Trinajstić information content (AvgIpc) is 2.62. The number of sulfonamides is 1. The minimum absolute atomic E-state index is 0.190. The molecule has 2 aromatic rings. The molecule has 0 aliphatic carbocycles. The van der Waals surface area contributed by atoms with Crippen LogP contribution in [0.5, 0.6) is 0 Å². The summed E-state index contributed by atoms with van der Waals surface area (Å²) in [5.74, 6) is 0.201. The van der Waals surface area contributed by atoms with E-state index < -0.39 is 21.9 Å². The van der Waals surface area contributed by atoms with Crippen LogP contribution in [0.25, 0.3) is 0 Å². The van der Waals surface area contributed by atoms with Crippen LogP contribution in [0.3, 0.4) is 0 Å². The first kappa shape index (κ1) is 17.7. The third-order valence-electron chi connectivity index (χ3n) is 3.97. The lowest BCUT2D eigenvalue weighted by Crippen LogP contribution is -2.49. The van der Waals surface area contributed by atoms with Gasteiger partial charge in [-0.3, -0.25) is 0 Å². The highest BCUT2D eigenvalue weighted by molar-refractivity contribution is 7.89. The number of alkyl halides is 3. The van der Waals surface area contributed by atoms with Gasteiger partial charge in [0.05, 0.1) is 4.90 Å². The lowest BCUT2D eigenvalue weighted by atomic mass is 10.3. The summed E-state index contributed by atoms with van der Waals surface area (Å²) < 4.78 is 64.8. The molecule has 25 heavy (non-hydrogen) atoms. The number of anilines is 1. The van der Waals surface area contributed by atoms with E-state index in [1.54, 1.807) is 23.1 Å². The molecule has 0 bridgehead atoms. The molecule has 1 aliphatic heterocycles. The molecule has 0 saturated carbocycles. The summed E-state index contributed by atoms with van der Waals surface area (Å²) in [4.78, 5) is 5.51. The Morgan fingerprint density at radius 3 is 2.12 bits per heavy atom. The van der Waals surface area contributed by atoms with E-state index in [0.29, 0.717) is 0 Å². The highest BCUT2D eigenvalue weighted by Gasteiger charge is 2.34. The molecule has 3 rings (SSSR count). The number of piperazine rings is 1. The van der Waals surface area contributed by atoms with Crippen LogP contribution in [-0.2, 0) is 16.2 Å². The first-order valence-electron chi connectivity index (χ1n) is 7.63. The molecule has 0 radical (unpaired) electrons. The topological polar surface area (TPSA) is 53.5 Å². The van der Waals surface area contributed by atoms with E-state index in [1.807, 2.05) is 0 Å². The standard InChI is InChI=1S/C16H16F3N3O2S/c17-16(18,19)14-7-4-8-15(20-14)21-9-11-22(12-10-21)25(23,24)13-5-2-1-3-6-13/h1-8H,9-12H2. The minimum Gasteiger partial charge on any atom is -0.354 e. The Balaban J connectivity index is 1.72. The van der Waals surface area contributed by atoms with Gasteiger partial charge in [-0.05, 0) is 24.3 Å². The second kappa shape index (κ2) is 6.64. The van der Waals surface area contributed by atoms with Crippen LogP contribution < -0.4 is 4.90 Å². The van der Waals surface area contributed by atoms with E-state index in [1.165, 1.54) is 28.6 Å². The third kappa shape index (κ3) is 3.77. The fraction of sp³-hybridized carbons (Fsp3) is 0.312.